The second-order valence-electron chi connectivity index (χ2n) is 9.74. The molecule has 6 heteroatoms. The zero-order valence-electron chi connectivity index (χ0n) is 17.6. The molecule has 2 aliphatic rings. The van der Waals surface area contributed by atoms with Crippen molar-refractivity contribution < 1.29 is 14.3 Å². The maximum Gasteiger partial charge on any atom is 0.313 e. The Labute approximate surface area is 166 Å². The summed E-state index contributed by atoms with van der Waals surface area (Å²) in [4.78, 5) is 30.3. The normalized spacial score (nSPS) is 30.0. The highest BCUT2D eigenvalue weighted by Crippen LogP contribution is 2.65. The van der Waals surface area contributed by atoms with E-state index in [9.17, 15) is 9.59 Å². The topological polar surface area (TPSA) is 60.7 Å². The first-order chi connectivity index (χ1) is 12.4. The molecule has 2 atom stereocenters. The molecule has 1 saturated carbocycles. The molecule has 150 valence electrons. The highest BCUT2D eigenvalue weighted by Gasteiger charge is 2.75. The smallest absolute Gasteiger partial charge is 0.313 e. The number of nitrogens with zero attached hydrogens (tertiary/aromatic N) is 2. The molecule has 27 heavy (non-hydrogen) atoms. The molecular weight excluding hydrogens is 360 g/mol. The number of hydrogen-bond donors (Lipinski definition) is 0. The number of hydrogen-bond acceptors (Lipinski definition) is 4. The summed E-state index contributed by atoms with van der Waals surface area (Å²) in [5.74, 6) is -0.563. The fraction of sp³-hybridized carbons (Fsp3) is 0.762. The lowest BCUT2D eigenvalue weighted by atomic mass is 9.66. The molecule has 0 radical (unpaired) electrons. The van der Waals surface area contributed by atoms with E-state index >= 15 is 0 Å². The standard InChI is InChI=1S/C21H32N2O3S/c1-8-9-10-14-13-23(18(2,3)4)27-15(14)22-16(24)21-12-11-20(7,17(25)26-21)19(21,5)6/h13H,8-12H2,1-7H3/b22-15-/t20-,21+/m1/s1. The highest BCUT2D eigenvalue weighted by molar-refractivity contribution is 7.04. The molecule has 1 aromatic rings. The van der Waals surface area contributed by atoms with Gasteiger partial charge in [-0.05, 0) is 64.9 Å². The Balaban J connectivity index is 2.05. The van der Waals surface area contributed by atoms with Crippen LogP contribution in [0.3, 0.4) is 0 Å². The number of esters is 1. The summed E-state index contributed by atoms with van der Waals surface area (Å²) in [6.45, 7) is 14.4. The molecule has 0 aromatic carbocycles. The van der Waals surface area contributed by atoms with Gasteiger partial charge in [-0.25, -0.2) is 0 Å². The van der Waals surface area contributed by atoms with Gasteiger partial charge in [0.25, 0.3) is 5.91 Å². The minimum absolute atomic E-state index is 0.0637. The lowest BCUT2D eigenvalue weighted by Crippen LogP contribution is -2.47. The van der Waals surface area contributed by atoms with Gasteiger partial charge in [-0.15, -0.1) is 0 Å². The molecule has 1 aromatic heterocycles. The predicted molar refractivity (Wildman–Crippen MR) is 106 cm³/mol. The molecule has 2 bridgehead atoms. The molecular formula is C21H32N2O3S. The third kappa shape index (κ3) is 2.82. The van der Waals surface area contributed by atoms with E-state index in [1.165, 1.54) is 11.5 Å². The summed E-state index contributed by atoms with van der Waals surface area (Å²) in [5, 5.41) is 0. The second-order valence-corrected chi connectivity index (χ2v) is 10.7. The first-order valence-corrected chi connectivity index (χ1v) is 10.7. The number of carbonyl (C=O) groups is 2. The fourth-order valence-corrected chi connectivity index (χ4v) is 5.28. The number of amides is 1. The summed E-state index contributed by atoms with van der Waals surface area (Å²) < 4.78 is 8.62. The average molecular weight is 393 g/mol. The van der Waals surface area contributed by atoms with Crippen molar-refractivity contribution in [1.29, 1.82) is 0 Å². The van der Waals surface area contributed by atoms with Gasteiger partial charge in [0, 0.05) is 22.7 Å². The summed E-state index contributed by atoms with van der Waals surface area (Å²) in [7, 11) is 0. The Bertz CT molecular complexity index is 842. The Morgan fingerprint density at radius 1 is 1.30 bits per heavy atom. The van der Waals surface area contributed by atoms with E-state index in [1.807, 2.05) is 20.8 Å². The molecule has 1 aliphatic heterocycles. The van der Waals surface area contributed by atoms with E-state index in [1.54, 1.807) is 0 Å². The molecule has 1 aliphatic carbocycles. The van der Waals surface area contributed by atoms with Crippen LogP contribution in [0, 0.1) is 10.8 Å². The van der Waals surface area contributed by atoms with Crippen molar-refractivity contribution >= 4 is 23.4 Å². The van der Waals surface area contributed by atoms with E-state index in [4.69, 9.17) is 4.74 Å². The van der Waals surface area contributed by atoms with Crippen LogP contribution in [-0.2, 0) is 26.3 Å². The van der Waals surface area contributed by atoms with E-state index in [-0.39, 0.29) is 17.4 Å². The van der Waals surface area contributed by atoms with Crippen LogP contribution < -0.4 is 4.67 Å². The fourth-order valence-electron chi connectivity index (χ4n) is 4.24. The van der Waals surface area contributed by atoms with Crippen molar-refractivity contribution in [2.24, 2.45) is 15.8 Å². The van der Waals surface area contributed by atoms with Crippen molar-refractivity contribution in [3.8, 4) is 0 Å². The SMILES string of the molecule is CCCCc1cn(C(C)(C)C)s/c1=N\C(=O)[C@]12CC[C@](C)(C(=O)O1)C2(C)C. The first-order valence-electron chi connectivity index (χ1n) is 9.94. The van der Waals surface area contributed by atoms with Gasteiger partial charge in [0.1, 0.15) is 4.67 Å². The molecule has 1 saturated heterocycles. The van der Waals surface area contributed by atoms with Gasteiger partial charge in [0.2, 0.25) is 0 Å². The number of aryl methyl sites for hydroxylation is 1. The Hall–Kier alpha value is -1.43. The van der Waals surface area contributed by atoms with E-state index in [0.717, 1.165) is 29.5 Å². The van der Waals surface area contributed by atoms with Crippen molar-refractivity contribution in [1.82, 2.24) is 3.96 Å². The second kappa shape index (κ2) is 6.29. The number of ether oxygens (including phenoxy) is 1. The quantitative estimate of drug-likeness (QED) is 0.722. The number of carbonyl (C=O) groups excluding carboxylic acids is 2. The minimum Gasteiger partial charge on any atom is -0.448 e. The van der Waals surface area contributed by atoms with Crippen molar-refractivity contribution in [3.63, 3.8) is 0 Å². The highest BCUT2D eigenvalue weighted by atomic mass is 32.1. The van der Waals surface area contributed by atoms with E-state index < -0.39 is 16.4 Å². The summed E-state index contributed by atoms with van der Waals surface area (Å²) in [6, 6.07) is 0. The minimum atomic E-state index is -1.13. The lowest BCUT2D eigenvalue weighted by Gasteiger charge is -2.33. The van der Waals surface area contributed by atoms with Crippen LogP contribution in [-0.4, -0.2) is 21.4 Å². The van der Waals surface area contributed by atoms with Crippen LogP contribution >= 0.6 is 11.5 Å². The molecule has 5 nitrogen and oxygen atoms in total. The van der Waals surface area contributed by atoms with Crippen LogP contribution in [0.25, 0.3) is 0 Å². The summed E-state index contributed by atoms with van der Waals surface area (Å²) in [6.07, 6.45) is 6.40. The number of unbranched alkanes of at least 4 members (excludes halogenated alkanes) is 1. The summed E-state index contributed by atoms with van der Waals surface area (Å²) in [5.41, 5.74) is -1.25. The van der Waals surface area contributed by atoms with Crippen molar-refractivity contribution in [2.45, 2.75) is 91.7 Å². The average Bonchev–Trinajstić information content (AvgIpc) is 3.10. The van der Waals surface area contributed by atoms with Crippen LogP contribution in [0.1, 0.15) is 79.7 Å². The molecule has 2 fully saturated rings. The van der Waals surface area contributed by atoms with Crippen molar-refractivity contribution in [2.75, 3.05) is 0 Å². The van der Waals surface area contributed by atoms with Gasteiger partial charge in [-0.3, -0.25) is 13.5 Å². The number of fused-ring (bicyclic) bond motifs is 2. The summed E-state index contributed by atoms with van der Waals surface area (Å²) >= 11 is 1.52. The third-order valence-electron chi connectivity index (χ3n) is 6.83. The van der Waals surface area contributed by atoms with E-state index in [0.29, 0.717) is 12.8 Å². The molecule has 0 unspecified atom stereocenters. The lowest BCUT2D eigenvalue weighted by molar-refractivity contribution is -0.166. The number of aromatic nitrogens is 1. The Morgan fingerprint density at radius 2 is 1.96 bits per heavy atom. The van der Waals surface area contributed by atoms with Gasteiger partial charge >= 0.3 is 5.97 Å². The predicted octanol–water partition coefficient (Wildman–Crippen LogP) is 4.20. The maximum absolute atomic E-state index is 13.3. The van der Waals surface area contributed by atoms with Crippen LogP contribution in [0.15, 0.2) is 11.2 Å². The van der Waals surface area contributed by atoms with E-state index in [2.05, 4.69) is 42.8 Å². The van der Waals surface area contributed by atoms with Gasteiger partial charge in [-0.1, -0.05) is 27.2 Å². The molecule has 2 heterocycles. The van der Waals surface area contributed by atoms with Gasteiger partial charge in [0.15, 0.2) is 5.60 Å². The van der Waals surface area contributed by atoms with Gasteiger partial charge < -0.3 is 4.74 Å². The Kier molecular flexibility index (Phi) is 4.73. The largest absolute Gasteiger partial charge is 0.448 e. The molecule has 1 amide bonds. The number of rotatable bonds is 4. The molecule has 3 rings (SSSR count). The van der Waals surface area contributed by atoms with Gasteiger partial charge in [0.05, 0.1) is 5.41 Å². The Morgan fingerprint density at radius 3 is 2.44 bits per heavy atom. The third-order valence-corrected chi connectivity index (χ3v) is 8.20. The monoisotopic (exact) mass is 392 g/mol. The van der Waals surface area contributed by atoms with Crippen molar-refractivity contribution in [3.05, 3.63) is 16.4 Å². The van der Waals surface area contributed by atoms with Gasteiger partial charge in [-0.2, -0.15) is 4.99 Å². The van der Waals surface area contributed by atoms with Crippen LogP contribution in [0.4, 0.5) is 0 Å². The van der Waals surface area contributed by atoms with Crippen LogP contribution in [0.2, 0.25) is 0 Å². The van der Waals surface area contributed by atoms with Crippen LogP contribution in [0.5, 0.6) is 0 Å². The zero-order valence-corrected chi connectivity index (χ0v) is 18.5. The maximum atomic E-state index is 13.3. The molecule has 0 N–H and O–H groups in total. The zero-order chi connectivity index (χ0) is 20.3. The first kappa shape index (κ1) is 20.3. The molecule has 0 spiro atoms.